The number of rotatable bonds is 2. The monoisotopic (exact) mass is 271 g/mol. The topological polar surface area (TPSA) is 53.5 Å². The molecule has 1 aromatic rings. The first kappa shape index (κ1) is 13.2. The lowest BCUT2D eigenvalue weighted by Crippen LogP contribution is -2.51. The Bertz CT molecular complexity index is 565. The van der Waals surface area contributed by atoms with Crippen molar-refractivity contribution in [2.24, 2.45) is 10.9 Å². The minimum atomic E-state index is -0.496. The van der Waals surface area contributed by atoms with E-state index in [0.717, 1.165) is 25.8 Å². The SMILES string of the molecule is CC(C)CN=C1NC(=O)C2(CCc3ccccc3C2)N1. The fraction of sp³-hybridized carbons (Fsp3) is 0.500. The van der Waals surface area contributed by atoms with E-state index in [9.17, 15) is 4.79 Å². The van der Waals surface area contributed by atoms with E-state index >= 15 is 0 Å². The van der Waals surface area contributed by atoms with Crippen molar-refractivity contribution in [3.05, 3.63) is 35.4 Å². The molecule has 0 saturated carbocycles. The van der Waals surface area contributed by atoms with Crippen LogP contribution in [0.1, 0.15) is 31.4 Å². The first-order chi connectivity index (χ1) is 9.59. The number of amides is 1. The minimum Gasteiger partial charge on any atom is -0.341 e. The van der Waals surface area contributed by atoms with Crippen LogP contribution in [0.4, 0.5) is 0 Å². The number of nitrogens with zero attached hydrogens (tertiary/aromatic N) is 1. The molecule has 1 fully saturated rings. The van der Waals surface area contributed by atoms with Crippen LogP contribution in [0.3, 0.4) is 0 Å². The summed E-state index contributed by atoms with van der Waals surface area (Å²) in [5.41, 5.74) is 2.14. The van der Waals surface area contributed by atoms with Gasteiger partial charge in [0.05, 0.1) is 0 Å². The number of hydrogen-bond donors (Lipinski definition) is 2. The first-order valence-electron chi connectivity index (χ1n) is 7.30. The number of carbonyl (C=O) groups excluding carboxylic acids is 1. The second-order valence-electron chi connectivity index (χ2n) is 6.19. The third-order valence-corrected chi connectivity index (χ3v) is 4.07. The molecular weight excluding hydrogens is 250 g/mol. The predicted octanol–water partition coefficient (Wildman–Crippen LogP) is 1.65. The number of benzene rings is 1. The van der Waals surface area contributed by atoms with Crippen molar-refractivity contribution in [3.8, 4) is 0 Å². The Hall–Kier alpha value is -1.84. The molecule has 4 nitrogen and oxygen atoms in total. The molecule has 1 saturated heterocycles. The number of carbonyl (C=O) groups is 1. The molecule has 106 valence electrons. The van der Waals surface area contributed by atoms with Crippen LogP contribution in [0.5, 0.6) is 0 Å². The van der Waals surface area contributed by atoms with E-state index in [-0.39, 0.29) is 5.91 Å². The highest BCUT2D eigenvalue weighted by Crippen LogP contribution is 2.30. The number of aliphatic imine (C=N–C) groups is 1. The lowest BCUT2D eigenvalue weighted by atomic mass is 9.78. The van der Waals surface area contributed by atoms with E-state index in [0.29, 0.717) is 11.9 Å². The Morgan fingerprint density at radius 3 is 2.80 bits per heavy atom. The maximum Gasteiger partial charge on any atom is 0.252 e. The average Bonchev–Trinajstić information content (AvgIpc) is 2.73. The molecule has 20 heavy (non-hydrogen) atoms. The molecule has 1 aromatic carbocycles. The zero-order valence-electron chi connectivity index (χ0n) is 12.1. The number of nitrogens with one attached hydrogen (secondary N) is 2. The molecule has 2 N–H and O–H groups in total. The summed E-state index contributed by atoms with van der Waals surface area (Å²) in [6.45, 7) is 4.97. The van der Waals surface area contributed by atoms with Crippen LogP contribution in [0, 0.1) is 5.92 Å². The van der Waals surface area contributed by atoms with Gasteiger partial charge in [0.1, 0.15) is 5.54 Å². The normalized spacial score (nSPS) is 26.8. The number of guanidine groups is 1. The van der Waals surface area contributed by atoms with Crippen LogP contribution in [0.15, 0.2) is 29.3 Å². The molecule has 1 atom stereocenters. The molecule has 1 heterocycles. The smallest absolute Gasteiger partial charge is 0.252 e. The van der Waals surface area contributed by atoms with Gasteiger partial charge in [-0.1, -0.05) is 38.1 Å². The number of fused-ring (bicyclic) bond motifs is 1. The third kappa shape index (κ3) is 2.30. The molecule has 1 aliphatic carbocycles. The predicted molar refractivity (Wildman–Crippen MR) is 79.6 cm³/mol. The van der Waals surface area contributed by atoms with Gasteiger partial charge in [0, 0.05) is 13.0 Å². The summed E-state index contributed by atoms with van der Waals surface area (Å²) in [5.74, 6) is 1.20. The van der Waals surface area contributed by atoms with Gasteiger partial charge in [0.2, 0.25) is 0 Å². The van der Waals surface area contributed by atoms with Gasteiger partial charge >= 0.3 is 0 Å². The molecule has 0 aromatic heterocycles. The summed E-state index contributed by atoms with van der Waals surface area (Å²) in [4.78, 5) is 16.8. The largest absolute Gasteiger partial charge is 0.341 e. The van der Waals surface area contributed by atoms with Crippen LogP contribution >= 0.6 is 0 Å². The van der Waals surface area contributed by atoms with Gasteiger partial charge in [0.15, 0.2) is 5.96 Å². The second kappa shape index (κ2) is 4.93. The van der Waals surface area contributed by atoms with Gasteiger partial charge in [-0.15, -0.1) is 0 Å². The summed E-state index contributed by atoms with van der Waals surface area (Å²) in [7, 11) is 0. The number of aryl methyl sites for hydroxylation is 1. The highest BCUT2D eigenvalue weighted by atomic mass is 16.2. The zero-order valence-corrected chi connectivity index (χ0v) is 12.1. The van der Waals surface area contributed by atoms with E-state index in [1.165, 1.54) is 11.1 Å². The molecule has 1 aliphatic heterocycles. The molecule has 3 rings (SSSR count). The zero-order chi connectivity index (χ0) is 14.2. The van der Waals surface area contributed by atoms with Crippen LogP contribution in [-0.4, -0.2) is 24.0 Å². The lowest BCUT2D eigenvalue weighted by Gasteiger charge is -2.32. The van der Waals surface area contributed by atoms with Crippen molar-refractivity contribution in [2.45, 2.75) is 38.6 Å². The Morgan fingerprint density at radius 1 is 1.30 bits per heavy atom. The van der Waals surface area contributed by atoms with Gasteiger partial charge in [-0.3, -0.25) is 15.1 Å². The van der Waals surface area contributed by atoms with Gasteiger partial charge < -0.3 is 5.32 Å². The van der Waals surface area contributed by atoms with E-state index < -0.39 is 5.54 Å². The summed E-state index contributed by atoms with van der Waals surface area (Å²) in [6.07, 6.45) is 2.51. The van der Waals surface area contributed by atoms with Crippen molar-refractivity contribution in [3.63, 3.8) is 0 Å². The molecule has 4 heteroatoms. The second-order valence-corrected chi connectivity index (χ2v) is 6.19. The Kier molecular flexibility index (Phi) is 3.24. The van der Waals surface area contributed by atoms with Crippen molar-refractivity contribution >= 4 is 11.9 Å². The fourth-order valence-corrected chi connectivity index (χ4v) is 2.93. The quantitative estimate of drug-likeness (QED) is 0.859. The van der Waals surface area contributed by atoms with Crippen LogP contribution in [0.2, 0.25) is 0 Å². The maximum atomic E-state index is 12.4. The van der Waals surface area contributed by atoms with Crippen LogP contribution < -0.4 is 10.6 Å². The molecule has 2 aliphatic rings. The molecule has 1 unspecified atom stereocenters. The fourth-order valence-electron chi connectivity index (χ4n) is 2.93. The van der Waals surface area contributed by atoms with Crippen molar-refractivity contribution in [1.82, 2.24) is 10.6 Å². The molecular formula is C16H21N3O. The Morgan fingerprint density at radius 2 is 2.05 bits per heavy atom. The van der Waals surface area contributed by atoms with Crippen molar-refractivity contribution in [2.75, 3.05) is 6.54 Å². The van der Waals surface area contributed by atoms with E-state index in [1.807, 2.05) is 6.07 Å². The highest BCUT2D eigenvalue weighted by Gasteiger charge is 2.46. The standard InChI is InChI=1S/C16H21N3O/c1-11(2)10-17-15-18-14(20)16(19-15)8-7-12-5-3-4-6-13(12)9-16/h3-6,11H,7-10H2,1-2H3,(H2,17,18,19,20). The van der Waals surface area contributed by atoms with Crippen LogP contribution in [-0.2, 0) is 17.6 Å². The summed E-state index contributed by atoms with van der Waals surface area (Å²) < 4.78 is 0. The molecule has 1 spiro atoms. The molecule has 0 bridgehead atoms. The Labute approximate surface area is 119 Å². The number of hydrogen-bond acceptors (Lipinski definition) is 2. The highest BCUT2D eigenvalue weighted by molar-refractivity contribution is 6.09. The van der Waals surface area contributed by atoms with E-state index in [4.69, 9.17) is 0 Å². The Balaban J connectivity index is 1.81. The van der Waals surface area contributed by atoms with Gasteiger partial charge in [-0.2, -0.15) is 0 Å². The summed E-state index contributed by atoms with van der Waals surface area (Å²) in [6, 6.07) is 8.38. The van der Waals surface area contributed by atoms with Crippen LogP contribution in [0.25, 0.3) is 0 Å². The van der Waals surface area contributed by atoms with Crippen molar-refractivity contribution < 1.29 is 4.79 Å². The van der Waals surface area contributed by atoms with Crippen molar-refractivity contribution in [1.29, 1.82) is 0 Å². The third-order valence-electron chi connectivity index (χ3n) is 4.07. The molecule has 1 amide bonds. The maximum absolute atomic E-state index is 12.4. The van der Waals surface area contributed by atoms with E-state index in [1.54, 1.807) is 0 Å². The van der Waals surface area contributed by atoms with E-state index in [2.05, 4.69) is 47.7 Å². The first-order valence-corrected chi connectivity index (χ1v) is 7.30. The average molecular weight is 271 g/mol. The van der Waals surface area contributed by atoms with Gasteiger partial charge in [-0.25, -0.2) is 0 Å². The lowest BCUT2D eigenvalue weighted by molar-refractivity contribution is -0.124. The minimum absolute atomic E-state index is 0.0644. The molecule has 0 radical (unpaired) electrons. The summed E-state index contributed by atoms with van der Waals surface area (Å²) >= 11 is 0. The van der Waals surface area contributed by atoms with Gasteiger partial charge in [-0.05, 0) is 29.9 Å². The van der Waals surface area contributed by atoms with Gasteiger partial charge in [0.25, 0.3) is 5.91 Å². The summed E-state index contributed by atoms with van der Waals surface area (Å²) in [5, 5.41) is 6.24.